The number of carbonyl (C=O) groups is 3. The zero-order chi connectivity index (χ0) is 19.9. The van der Waals surface area contributed by atoms with E-state index in [2.05, 4.69) is 20.4 Å². The molecule has 0 fully saturated rings. The molecule has 0 radical (unpaired) electrons. The molecule has 3 rings (SSSR count). The SMILES string of the molecule is NCCC(=O)NOC(=O)c1cccc(C(=O)Nc2cc(-c3ccco3)[nH]n2)c1. The summed E-state index contributed by atoms with van der Waals surface area (Å²) < 4.78 is 5.25. The number of rotatable bonds is 6. The first-order chi connectivity index (χ1) is 13.6. The van der Waals surface area contributed by atoms with Crippen molar-refractivity contribution in [2.24, 2.45) is 5.73 Å². The molecule has 0 aliphatic rings. The summed E-state index contributed by atoms with van der Waals surface area (Å²) >= 11 is 0. The predicted molar refractivity (Wildman–Crippen MR) is 97.9 cm³/mol. The van der Waals surface area contributed by atoms with Gasteiger partial charge in [-0.3, -0.25) is 14.7 Å². The van der Waals surface area contributed by atoms with Crippen molar-refractivity contribution >= 4 is 23.6 Å². The third-order valence-electron chi connectivity index (χ3n) is 3.60. The maximum atomic E-state index is 12.4. The van der Waals surface area contributed by atoms with Gasteiger partial charge in [0.2, 0.25) is 0 Å². The molecule has 0 saturated carbocycles. The Labute approximate surface area is 159 Å². The number of amides is 2. The monoisotopic (exact) mass is 383 g/mol. The molecule has 28 heavy (non-hydrogen) atoms. The highest BCUT2D eigenvalue weighted by molar-refractivity contribution is 6.05. The van der Waals surface area contributed by atoms with E-state index in [1.165, 1.54) is 30.5 Å². The minimum absolute atomic E-state index is 0.0272. The molecule has 1 aromatic carbocycles. The minimum atomic E-state index is -0.806. The van der Waals surface area contributed by atoms with Crippen LogP contribution in [0.1, 0.15) is 27.1 Å². The number of aromatic nitrogens is 2. The summed E-state index contributed by atoms with van der Waals surface area (Å²) in [6.07, 6.45) is 1.55. The topological polar surface area (TPSA) is 152 Å². The molecule has 3 aromatic rings. The van der Waals surface area contributed by atoms with Crippen LogP contribution in [-0.4, -0.2) is 34.5 Å². The molecule has 2 heterocycles. The highest BCUT2D eigenvalue weighted by Crippen LogP contribution is 2.20. The van der Waals surface area contributed by atoms with Crippen molar-refractivity contribution in [3.63, 3.8) is 0 Å². The van der Waals surface area contributed by atoms with Crippen molar-refractivity contribution in [1.82, 2.24) is 15.7 Å². The standard InChI is InChI=1S/C18H17N5O5/c19-7-6-16(24)23-28-18(26)12-4-1-3-11(9-12)17(25)20-15-10-13(21-22-15)14-5-2-8-27-14/h1-5,8-10H,6-7,19H2,(H,23,24)(H2,20,21,22,25). The Morgan fingerprint density at radius 3 is 2.71 bits per heavy atom. The first kappa shape index (κ1) is 18.9. The van der Waals surface area contributed by atoms with Gasteiger partial charge in [0.1, 0.15) is 5.69 Å². The van der Waals surface area contributed by atoms with Crippen molar-refractivity contribution in [2.75, 3.05) is 11.9 Å². The average molecular weight is 383 g/mol. The first-order valence-electron chi connectivity index (χ1n) is 8.27. The highest BCUT2D eigenvalue weighted by atomic mass is 16.7. The summed E-state index contributed by atoms with van der Waals surface area (Å²) in [7, 11) is 0. The highest BCUT2D eigenvalue weighted by Gasteiger charge is 2.14. The van der Waals surface area contributed by atoms with Gasteiger partial charge in [-0.15, -0.1) is 0 Å². The van der Waals surface area contributed by atoms with Crippen LogP contribution in [0.5, 0.6) is 0 Å². The maximum absolute atomic E-state index is 12.4. The van der Waals surface area contributed by atoms with E-state index < -0.39 is 17.8 Å². The Kier molecular flexibility index (Phi) is 5.82. The van der Waals surface area contributed by atoms with Crippen molar-refractivity contribution in [3.8, 4) is 11.5 Å². The van der Waals surface area contributed by atoms with Crippen LogP contribution < -0.4 is 16.5 Å². The van der Waals surface area contributed by atoms with Crippen LogP contribution in [0, 0.1) is 0 Å². The van der Waals surface area contributed by atoms with E-state index in [4.69, 9.17) is 10.2 Å². The average Bonchev–Trinajstić information content (AvgIpc) is 3.38. The fraction of sp³-hybridized carbons (Fsp3) is 0.111. The van der Waals surface area contributed by atoms with Gasteiger partial charge < -0.3 is 20.3 Å². The van der Waals surface area contributed by atoms with Gasteiger partial charge in [0.25, 0.3) is 11.8 Å². The second kappa shape index (κ2) is 8.64. The number of hydroxylamine groups is 1. The smallest absolute Gasteiger partial charge is 0.362 e. The third-order valence-corrected chi connectivity index (χ3v) is 3.60. The van der Waals surface area contributed by atoms with Gasteiger partial charge in [-0.05, 0) is 30.3 Å². The molecule has 10 nitrogen and oxygen atoms in total. The van der Waals surface area contributed by atoms with Crippen molar-refractivity contribution in [1.29, 1.82) is 0 Å². The number of furan rings is 1. The van der Waals surface area contributed by atoms with E-state index in [1.54, 1.807) is 18.2 Å². The van der Waals surface area contributed by atoms with E-state index in [9.17, 15) is 14.4 Å². The van der Waals surface area contributed by atoms with Crippen LogP contribution in [0.15, 0.2) is 53.1 Å². The molecule has 144 valence electrons. The minimum Gasteiger partial charge on any atom is -0.463 e. The quantitative estimate of drug-likeness (QED) is 0.470. The molecule has 10 heteroatoms. The summed E-state index contributed by atoms with van der Waals surface area (Å²) in [5.41, 5.74) is 8.14. The maximum Gasteiger partial charge on any atom is 0.362 e. The number of benzene rings is 1. The van der Waals surface area contributed by atoms with E-state index in [-0.39, 0.29) is 24.1 Å². The van der Waals surface area contributed by atoms with E-state index in [1.807, 2.05) is 5.48 Å². The van der Waals surface area contributed by atoms with Crippen molar-refractivity contribution in [3.05, 3.63) is 59.9 Å². The van der Waals surface area contributed by atoms with Crippen molar-refractivity contribution in [2.45, 2.75) is 6.42 Å². The normalized spacial score (nSPS) is 10.3. The molecule has 0 spiro atoms. The molecule has 0 bridgehead atoms. The Morgan fingerprint density at radius 2 is 1.96 bits per heavy atom. The second-order valence-electron chi connectivity index (χ2n) is 5.63. The zero-order valence-electron chi connectivity index (χ0n) is 14.6. The first-order valence-corrected chi connectivity index (χ1v) is 8.27. The van der Waals surface area contributed by atoms with Gasteiger partial charge in [-0.2, -0.15) is 10.6 Å². The fourth-order valence-electron chi connectivity index (χ4n) is 2.26. The molecular weight excluding hydrogens is 366 g/mol. The van der Waals surface area contributed by atoms with Gasteiger partial charge in [0, 0.05) is 24.6 Å². The number of carbonyl (C=O) groups excluding carboxylic acids is 3. The third kappa shape index (κ3) is 4.62. The lowest BCUT2D eigenvalue weighted by molar-refractivity contribution is -0.129. The number of nitrogens with one attached hydrogen (secondary N) is 3. The second-order valence-corrected chi connectivity index (χ2v) is 5.63. The lowest BCUT2D eigenvalue weighted by Crippen LogP contribution is -2.28. The number of aromatic amines is 1. The van der Waals surface area contributed by atoms with Crippen LogP contribution in [0.2, 0.25) is 0 Å². The lowest BCUT2D eigenvalue weighted by atomic mass is 10.1. The van der Waals surface area contributed by atoms with E-state index >= 15 is 0 Å². The zero-order valence-corrected chi connectivity index (χ0v) is 14.6. The summed E-state index contributed by atoms with van der Waals surface area (Å²) in [6.45, 7) is 0.133. The van der Waals surface area contributed by atoms with Crippen molar-refractivity contribution < 1.29 is 23.6 Å². The Morgan fingerprint density at radius 1 is 1.14 bits per heavy atom. The number of nitrogens with zero attached hydrogens (tertiary/aromatic N) is 1. The fourth-order valence-corrected chi connectivity index (χ4v) is 2.26. The van der Waals surface area contributed by atoms with Crippen LogP contribution in [-0.2, 0) is 9.63 Å². The van der Waals surface area contributed by atoms with Gasteiger partial charge >= 0.3 is 5.97 Å². The summed E-state index contributed by atoms with van der Waals surface area (Å²) in [4.78, 5) is 40.4. The molecule has 0 saturated heterocycles. The van der Waals surface area contributed by atoms with Gasteiger partial charge in [-0.25, -0.2) is 4.79 Å². The van der Waals surface area contributed by atoms with Gasteiger partial charge in [0.05, 0.1) is 11.8 Å². The van der Waals surface area contributed by atoms with Crippen LogP contribution >= 0.6 is 0 Å². The summed E-state index contributed by atoms with van der Waals surface area (Å²) in [6, 6.07) is 10.9. The Bertz CT molecular complexity index is 980. The summed E-state index contributed by atoms with van der Waals surface area (Å²) in [5.74, 6) is -0.928. The predicted octanol–water partition coefficient (Wildman–Crippen LogP) is 1.46. The Hall–Kier alpha value is -3.92. The lowest BCUT2D eigenvalue weighted by Gasteiger charge is -2.06. The molecule has 0 unspecified atom stereocenters. The number of nitrogens with two attached hydrogens (primary N) is 1. The summed E-state index contributed by atoms with van der Waals surface area (Å²) in [5, 5.41) is 9.36. The molecular formula is C18H17N5O5. The molecule has 0 aliphatic carbocycles. The molecule has 2 aromatic heterocycles. The van der Waals surface area contributed by atoms with E-state index in [0.29, 0.717) is 17.3 Å². The number of hydrogen-bond donors (Lipinski definition) is 4. The van der Waals surface area contributed by atoms with Gasteiger partial charge in [0.15, 0.2) is 11.6 Å². The van der Waals surface area contributed by atoms with Crippen LogP contribution in [0.25, 0.3) is 11.5 Å². The Balaban J connectivity index is 1.64. The van der Waals surface area contributed by atoms with Gasteiger partial charge in [-0.1, -0.05) is 6.07 Å². The van der Waals surface area contributed by atoms with Crippen LogP contribution in [0.3, 0.4) is 0 Å². The van der Waals surface area contributed by atoms with E-state index in [0.717, 1.165) is 0 Å². The molecule has 0 aliphatic heterocycles. The van der Waals surface area contributed by atoms with Crippen LogP contribution in [0.4, 0.5) is 5.82 Å². The largest absolute Gasteiger partial charge is 0.463 e. The molecule has 5 N–H and O–H groups in total. The molecule has 0 atom stereocenters. The molecule has 2 amide bonds. The number of hydrogen-bond acceptors (Lipinski definition) is 7. The number of anilines is 1. The number of H-pyrrole nitrogens is 1.